The van der Waals surface area contributed by atoms with Crippen LogP contribution in [-0.4, -0.2) is 0 Å². The fourth-order valence-corrected chi connectivity index (χ4v) is 0.813. The van der Waals surface area contributed by atoms with Gasteiger partial charge in [0.2, 0.25) is 0 Å². The van der Waals surface area contributed by atoms with Gasteiger partial charge in [-0.05, 0) is 29.3 Å². The zero-order valence-corrected chi connectivity index (χ0v) is 5.80. The number of nitrogens with two attached hydrogens (primary N) is 2. The van der Waals surface area contributed by atoms with Crippen molar-refractivity contribution in [2.45, 2.75) is 13.1 Å². The molecule has 1 rings (SSSR count). The standard InChI is InChI=1S/C8H11N2/c9-5-7-2-1-3-8(4-7)6-10/h2-4H,5-6,9-10H2. The zero-order valence-electron chi connectivity index (χ0n) is 5.80. The quantitative estimate of drug-likeness (QED) is 0.617. The summed E-state index contributed by atoms with van der Waals surface area (Å²) in [7, 11) is 0. The zero-order chi connectivity index (χ0) is 7.40. The molecule has 0 atom stereocenters. The summed E-state index contributed by atoms with van der Waals surface area (Å²) in [5.74, 6) is 0. The first kappa shape index (κ1) is 7.25. The summed E-state index contributed by atoms with van der Waals surface area (Å²) in [5, 5.41) is 0. The third kappa shape index (κ3) is 1.56. The molecule has 2 nitrogen and oxygen atoms in total. The van der Waals surface area contributed by atoms with Gasteiger partial charge < -0.3 is 11.5 Å². The smallest absolute Gasteiger partial charge is 0.0178 e. The number of rotatable bonds is 2. The lowest BCUT2D eigenvalue weighted by Gasteiger charge is -1.98. The van der Waals surface area contributed by atoms with E-state index in [9.17, 15) is 0 Å². The SMILES string of the molecule is NCc1c[c]cc(CN)c1. The molecule has 53 valence electrons. The van der Waals surface area contributed by atoms with Crippen LogP contribution in [0.4, 0.5) is 0 Å². The molecule has 0 fully saturated rings. The first-order valence-electron chi connectivity index (χ1n) is 3.26. The van der Waals surface area contributed by atoms with Gasteiger partial charge in [-0.3, -0.25) is 0 Å². The van der Waals surface area contributed by atoms with Gasteiger partial charge in [0, 0.05) is 13.1 Å². The molecule has 1 radical (unpaired) electrons. The highest BCUT2D eigenvalue weighted by Crippen LogP contribution is 2.01. The molecule has 10 heavy (non-hydrogen) atoms. The minimum absolute atomic E-state index is 0.560. The molecule has 0 aliphatic carbocycles. The Morgan fingerprint density at radius 2 is 1.60 bits per heavy atom. The Balaban J connectivity index is 2.87. The van der Waals surface area contributed by atoms with E-state index in [4.69, 9.17) is 11.5 Å². The predicted molar refractivity (Wildman–Crippen MR) is 41.1 cm³/mol. The molecule has 0 bridgehead atoms. The molecule has 1 aromatic carbocycles. The average Bonchev–Trinajstić information content (AvgIpc) is 2.05. The Bertz CT molecular complexity index is 189. The van der Waals surface area contributed by atoms with Crippen LogP contribution in [0.5, 0.6) is 0 Å². The Morgan fingerprint density at radius 1 is 1.10 bits per heavy atom. The van der Waals surface area contributed by atoms with Crippen molar-refractivity contribution in [3.05, 3.63) is 35.4 Å². The molecule has 0 unspecified atom stereocenters. The molecular formula is C8H11N2. The summed E-state index contributed by atoms with van der Waals surface area (Å²) in [6, 6.07) is 8.72. The number of hydrogen-bond donors (Lipinski definition) is 2. The van der Waals surface area contributed by atoms with Crippen molar-refractivity contribution in [3.8, 4) is 0 Å². The molecule has 0 spiro atoms. The van der Waals surface area contributed by atoms with E-state index in [1.54, 1.807) is 0 Å². The van der Waals surface area contributed by atoms with Crippen molar-refractivity contribution in [1.29, 1.82) is 0 Å². The van der Waals surface area contributed by atoms with Gasteiger partial charge >= 0.3 is 0 Å². The van der Waals surface area contributed by atoms with Crippen LogP contribution in [0.3, 0.4) is 0 Å². The molecule has 0 aliphatic heterocycles. The summed E-state index contributed by atoms with van der Waals surface area (Å²) < 4.78 is 0. The molecule has 1 aromatic rings. The van der Waals surface area contributed by atoms with Crippen molar-refractivity contribution >= 4 is 0 Å². The summed E-state index contributed by atoms with van der Waals surface area (Å²) in [6.45, 7) is 1.12. The summed E-state index contributed by atoms with van der Waals surface area (Å²) in [4.78, 5) is 0. The van der Waals surface area contributed by atoms with Crippen molar-refractivity contribution in [2.24, 2.45) is 11.5 Å². The van der Waals surface area contributed by atoms with Crippen molar-refractivity contribution < 1.29 is 0 Å². The van der Waals surface area contributed by atoms with Crippen LogP contribution in [0.15, 0.2) is 18.2 Å². The van der Waals surface area contributed by atoms with Gasteiger partial charge in [-0.1, -0.05) is 6.07 Å². The van der Waals surface area contributed by atoms with E-state index < -0.39 is 0 Å². The first-order chi connectivity index (χ1) is 4.86. The van der Waals surface area contributed by atoms with Crippen LogP contribution >= 0.6 is 0 Å². The highest BCUT2D eigenvalue weighted by atomic mass is 14.5. The fourth-order valence-electron chi connectivity index (χ4n) is 0.813. The maximum absolute atomic E-state index is 5.41. The fraction of sp³-hybridized carbons (Fsp3) is 0.250. The van der Waals surface area contributed by atoms with Crippen LogP contribution in [0.2, 0.25) is 0 Å². The third-order valence-electron chi connectivity index (χ3n) is 1.38. The molecular weight excluding hydrogens is 124 g/mol. The normalized spacial score (nSPS) is 9.80. The van der Waals surface area contributed by atoms with Crippen LogP contribution in [0, 0.1) is 6.07 Å². The Kier molecular flexibility index (Phi) is 2.42. The van der Waals surface area contributed by atoms with Gasteiger partial charge in [0.1, 0.15) is 0 Å². The van der Waals surface area contributed by atoms with Crippen LogP contribution in [0.1, 0.15) is 11.1 Å². The van der Waals surface area contributed by atoms with Crippen LogP contribution in [0.25, 0.3) is 0 Å². The molecule has 0 amide bonds. The molecule has 0 aromatic heterocycles. The maximum Gasteiger partial charge on any atom is 0.0178 e. The second-order valence-corrected chi connectivity index (χ2v) is 2.16. The number of benzene rings is 1. The molecule has 4 N–H and O–H groups in total. The van der Waals surface area contributed by atoms with E-state index in [1.807, 2.05) is 18.2 Å². The highest BCUT2D eigenvalue weighted by molar-refractivity contribution is 5.21. The van der Waals surface area contributed by atoms with Gasteiger partial charge in [-0.15, -0.1) is 0 Å². The summed E-state index contributed by atoms with van der Waals surface area (Å²) >= 11 is 0. The Morgan fingerprint density at radius 3 is 2.00 bits per heavy atom. The van der Waals surface area contributed by atoms with Gasteiger partial charge in [-0.2, -0.15) is 0 Å². The largest absolute Gasteiger partial charge is 0.326 e. The minimum Gasteiger partial charge on any atom is -0.326 e. The van der Waals surface area contributed by atoms with E-state index in [2.05, 4.69) is 6.07 Å². The van der Waals surface area contributed by atoms with Gasteiger partial charge in [-0.25, -0.2) is 0 Å². The second kappa shape index (κ2) is 3.34. The molecule has 0 saturated carbocycles. The lowest BCUT2D eigenvalue weighted by molar-refractivity contribution is 1.03. The van der Waals surface area contributed by atoms with Gasteiger partial charge in [0.15, 0.2) is 0 Å². The van der Waals surface area contributed by atoms with E-state index in [-0.39, 0.29) is 0 Å². The Hall–Kier alpha value is -0.860. The van der Waals surface area contributed by atoms with E-state index in [0.717, 1.165) is 11.1 Å². The lowest BCUT2D eigenvalue weighted by Crippen LogP contribution is -2.00. The third-order valence-corrected chi connectivity index (χ3v) is 1.38. The Labute approximate surface area is 60.8 Å². The first-order valence-corrected chi connectivity index (χ1v) is 3.26. The van der Waals surface area contributed by atoms with Gasteiger partial charge in [0.05, 0.1) is 0 Å². The number of hydrogen-bond acceptors (Lipinski definition) is 2. The van der Waals surface area contributed by atoms with Crippen molar-refractivity contribution in [1.82, 2.24) is 0 Å². The van der Waals surface area contributed by atoms with E-state index >= 15 is 0 Å². The van der Waals surface area contributed by atoms with E-state index in [1.165, 1.54) is 0 Å². The van der Waals surface area contributed by atoms with Crippen LogP contribution in [-0.2, 0) is 13.1 Å². The molecule has 0 aliphatic rings. The van der Waals surface area contributed by atoms with Crippen LogP contribution < -0.4 is 11.5 Å². The van der Waals surface area contributed by atoms with Gasteiger partial charge in [0.25, 0.3) is 0 Å². The minimum atomic E-state index is 0.560. The molecule has 0 heterocycles. The lowest BCUT2D eigenvalue weighted by atomic mass is 10.1. The summed E-state index contributed by atoms with van der Waals surface area (Å²) in [5.41, 5.74) is 13.0. The van der Waals surface area contributed by atoms with Crippen molar-refractivity contribution in [2.75, 3.05) is 0 Å². The maximum atomic E-state index is 5.41. The average molecular weight is 135 g/mol. The van der Waals surface area contributed by atoms with E-state index in [0.29, 0.717) is 13.1 Å². The summed E-state index contributed by atoms with van der Waals surface area (Å²) in [6.07, 6.45) is 0. The molecule has 2 heteroatoms. The molecule has 0 saturated heterocycles. The topological polar surface area (TPSA) is 52.0 Å². The highest BCUT2D eigenvalue weighted by Gasteiger charge is 1.90. The monoisotopic (exact) mass is 135 g/mol. The second-order valence-electron chi connectivity index (χ2n) is 2.16. The van der Waals surface area contributed by atoms with Crippen molar-refractivity contribution in [3.63, 3.8) is 0 Å². The predicted octanol–water partition coefficient (Wildman–Crippen LogP) is 0.404.